The van der Waals surface area contributed by atoms with E-state index in [2.05, 4.69) is 15.5 Å². The normalized spacial score (nSPS) is 14.2. The fourth-order valence-corrected chi connectivity index (χ4v) is 2.35. The lowest BCUT2D eigenvalue weighted by Crippen LogP contribution is -2.27. The van der Waals surface area contributed by atoms with Crippen LogP contribution >= 0.6 is 11.6 Å². The summed E-state index contributed by atoms with van der Waals surface area (Å²) in [6, 6.07) is 3.72. The first-order chi connectivity index (χ1) is 10.1. The highest BCUT2D eigenvalue weighted by Gasteiger charge is 2.28. The van der Waals surface area contributed by atoms with E-state index in [9.17, 15) is 9.18 Å². The highest BCUT2D eigenvalue weighted by molar-refractivity contribution is 6.33. The summed E-state index contributed by atoms with van der Waals surface area (Å²) in [7, 11) is 0. The lowest BCUT2D eigenvalue weighted by molar-refractivity contribution is 0.0952. The molecule has 1 aromatic carbocycles. The van der Waals surface area contributed by atoms with Crippen LogP contribution in [0.3, 0.4) is 0 Å². The highest BCUT2D eigenvalue weighted by atomic mass is 35.5. The second-order valence-electron chi connectivity index (χ2n) is 5.04. The molecule has 21 heavy (non-hydrogen) atoms. The average molecular weight is 309 g/mol. The van der Waals surface area contributed by atoms with Crippen LogP contribution < -0.4 is 5.32 Å². The molecule has 2 aromatic rings. The van der Waals surface area contributed by atoms with Crippen LogP contribution in [-0.2, 0) is 6.54 Å². The first-order valence-corrected chi connectivity index (χ1v) is 7.14. The lowest BCUT2D eigenvalue weighted by Gasteiger charge is -2.08. The van der Waals surface area contributed by atoms with Crippen LogP contribution in [-0.4, -0.2) is 27.2 Å². The molecule has 1 saturated carbocycles. The zero-order valence-corrected chi connectivity index (χ0v) is 12.0. The predicted octanol–water partition coefficient (Wildman–Crippen LogP) is 2.38. The van der Waals surface area contributed by atoms with E-state index in [0.29, 0.717) is 19.0 Å². The van der Waals surface area contributed by atoms with Crippen molar-refractivity contribution in [1.29, 1.82) is 0 Å². The molecule has 0 spiro atoms. The van der Waals surface area contributed by atoms with Crippen molar-refractivity contribution in [2.75, 3.05) is 6.54 Å². The topological polar surface area (TPSA) is 59.8 Å². The fourth-order valence-electron chi connectivity index (χ4n) is 2.15. The van der Waals surface area contributed by atoms with E-state index in [4.69, 9.17) is 11.6 Å². The number of hydrogen-bond donors (Lipinski definition) is 1. The summed E-state index contributed by atoms with van der Waals surface area (Å²) >= 11 is 5.89. The minimum absolute atomic E-state index is 0.142. The molecule has 1 amide bonds. The van der Waals surface area contributed by atoms with E-state index in [1.165, 1.54) is 12.1 Å². The summed E-state index contributed by atoms with van der Waals surface area (Å²) in [5.74, 6) is 0.592. The molecule has 0 aliphatic heterocycles. The molecule has 1 fully saturated rings. The smallest absolute Gasteiger partial charge is 0.252 e. The summed E-state index contributed by atoms with van der Waals surface area (Å²) in [6.45, 7) is 0.987. The van der Waals surface area contributed by atoms with E-state index < -0.39 is 5.82 Å². The minimum Gasteiger partial charge on any atom is -0.350 e. The number of carbonyl (C=O) groups is 1. The number of nitrogens with zero attached hydrogens (tertiary/aromatic N) is 3. The number of hydrogen-bond acceptors (Lipinski definition) is 3. The van der Waals surface area contributed by atoms with Crippen LogP contribution in [0.1, 0.15) is 34.9 Å². The van der Waals surface area contributed by atoms with E-state index >= 15 is 0 Å². The molecular weight excluding hydrogens is 295 g/mol. The molecule has 1 aliphatic rings. The Kier molecular flexibility index (Phi) is 3.88. The van der Waals surface area contributed by atoms with Crippen LogP contribution in [0.5, 0.6) is 0 Å². The average Bonchev–Trinajstić information content (AvgIpc) is 3.21. The van der Waals surface area contributed by atoms with Crippen molar-refractivity contribution in [3.05, 3.63) is 46.8 Å². The standard InChI is InChI=1S/C14H14ClFN4O/c15-12-4-3-10(16)7-11(12)14(21)17-5-6-20-8-18-19-13(20)9-1-2-9/h3-4,7-9H,1-2,5-6H2,(H,17,21). The van der Waals surface area contributed by atoms with Crippen LogP contribution in [0.2, 0.25) is 5.02 Å². The second kappa shape index (κ2) is 5.81. The first kappa shape index (κ1) is 14.0. The number of amides is 1. The number of rotatable bonds is 5. The van der Waals surface area contributed by atoms with Crippen molar-refractivity contribution in [2.24, 2.45) is 0 Å². The van der Waals surface area contributed by atoms with Crippen molar-refractivity contribution in [1.82, 2.24) is 20.1 Å². The Morgan fingerprint density at radius 1 is 1.48 bits per heavy atom. The molecule has 7 heteroatoms. The van der Waals surface area contributed by atoms with Gasteiger partial charge >= 0.3 is 0 Å². The van der Waals surface area contributed by atoms with Crippen LogP contribution in [0.25, 0.3) is 0 Å². The number of carbonyl (C=O) groups excluding carboxylic acids is 1. The lowest BCUT2D eigenvalue weighted by atomic mass is 10.2. The Bertz CT molecular complexity index is 669. The summed E-state index contributed by atoms with van der Waals surface area (Å²) in [6.07, 6.45) is 3.95. The van der Waals surface area contributed by atoms with E-state index in [0.717, 1.165) is 24.7 Å². The van der Waals surface area contributed by atoms with Crippen molar-refractivity contribution in [3.63, 3.8) is 0 Å². The van der Waals surface area contributed by atoms with Gasteiger partial charge in [-0.15, -0.1) is 10.2 Å². The number of nitrogens with one attached hydrogen (secondary N) is 1. The third-order valence-electron chi connectivity index (χ3n) is 3.40. The van der Waals surface area contributed by atoms with Crippen LogP contribution in [0.4, 0.5) is 4.39 Å². The molecule has 1 heterocycles. The number of halogens is 2. The van der Waals surface area contributed by atoms with Gasteiger partial charge in [0.1, 0.15) is 18.0 Å². The van der Waals surface area contributed by atoms with E-state index in [1.54, 1.807) is 6.33 Å². The van der Waals surface area contributed by atoms with Crippen LogP contribution in [0.15, 0.2) is 24.5 Å². The van der Waals surface area contributed by atoms with Crippen molar-refractivity contribution < 1.29 is 9.18 Å². The third-order valence-corrected chi connectivity index (χ3v) is 3.73. The molecule has 0 unspecified atom stereocenters. The van der Waals surface area contributed by atoms with Gasteiger partial charge in [-0.05, 0) is 31.0 Å². The van der Waals surface area contributed by atoms with E-state index in [-0.39, 0.29) is 16.5 Å². The Balaban J connectivity index is 1.58. The van der Waals surface area contributed by atoms with Crippen molar-refractivity contribution in [2.45, 2.75) is 25.3 Å². The Labute approximate surface area is 126 Å². The zero-order chi connectivity index (χ0) is 14.8. The Hall–Kier alpha value is -1.95. The quantitative estimate of drug-likeness (QED) is 0.922. The van der Waals surface area contributed by atoms with Gasteiger partial charge in [-0.2, -0.15) is 0 Å². The van der Waals surface area contributed by atoms with Crippen molar-refractivity contribution in [3.8, 4) is 0 Å². The Morgan fingerprint density at radius 2 is 2.29 bits per heavy atom. The van der Waals surface area contributed by atoms with E-state index in [1.807, 2.05) is 4.57 Å². The van der Waals surface area contributed by atoms with Gasteiger partial charge in [0.05, 0.1) is 10.6 Å². The third kappa shape index (κ3) is 3.21. The van der Waals surface area contributed by atoms with Gasteiger partial charge in [0.2, 0.25) is 0 Å². The number of aromatic nitrogens is 3. The van der Waals surface area contributed by atoms with Gasteiger partial charge in [0.15, 0.2) is 0 Å². The highest BCUT2D eigenvalue weighted by Crippen LogP contribution is 2.38. The molecule has 3 rings (SSSR count). The summed E-state index contributed by atoms with van der Waals surface area (Å²) in [5, 5.41) is 10.9. The monoisotopic (exact) mass is 308 g/mol. The second-order valence-corrected chi connectivity index (χ2v) is 5.44. The summed E-state index contributed by atoms with van der Waals surface area (Å²) in [5.41, 5.74) is 0.142. The maximum absolute atomic E-state index is 13.1. The molecule has 1 N–H and O–H groups in total. The predicted molar refractivity (Wildman–Crippen MR) is 75.7 cm³/mol. The molecule has 0 bridgehead atoms. The maximum Gasteiger partial charge on any atom is 0.252 e. The molecule has 5 nitrogen and oxygen atoms in total. The van der Waals surface area contributed by atoms with Gasteiger partial charge in [0, 0.05) is 19.0 Å². The molecule has 1 aromatic heterocycles. The van der Waals surface area contributed by atoms with Gasteiger partial charge < -0.3 is 9.88 Å². The van der Waals surface area contributed by atoms with Crippen molar-refractivity contribution >= 4 is 17.5 Å². The van der Waals surface area contributed by atoms with Gasteiger partial charge in [0.25, 0.3) is 5.91 Å². The SMILES string of the molecule is O=C(NCCn1cnnc1C1CC1)c1cc(F)ccc1Cl. The molecule has 1 aliphatic carbocycles. The molecule has 0 radical (unpaired) electrons. The van der Waals surface area contributed by atoms with Crippen LogP contribution in [0, 0.1) is 5.82 Å². The fraction of sp³-hybridized carbons (Fsp3) is 0.357. The Morgan fingerprint density at radius 3 is 3.05 bits per heavy atom. The van der Waals surface area contributed by atoms with Gasteiger partial charge in [-0.25, -0.2) is 4.39 Å². The van der Waals surface area contributed by atoms with Gasteiger partial charge in [-0.3, -0.25) is 4.79 Å². The molecular formula is C14H14ClFN4O. The summed E-state index contributed by atoms with van der Waals surface area (Å²) in [4.78, 5) is 12.0. The first-order valence-electron chi connectivity index (χ1n) is 6.76. The summed E-state index contributed by atoms with van der Waals surface area (Å²) < 4.78 is 15.1. The maximum atomic E-state index is 13.1. The largest absolute Gasteiger partial charge is 0.350 e. The molecule has 0 atom stereocenters. The molecule has 0 saturated heterocycles. The molecule has 110 valence electrons. The minimum atomic E-state index is -0.487. The van der Waals surface area contributed by atoms with Gasteiger partial charge in [-0.1, -0.05) is 11.6 Å². The number of benzene rings is 1. The zero-order valence-electron chi connectivity index (χ0n) is 11.2.